The van der Waals surface area contributed by atoms with Gasteiger partial charge in [-0.05, 0) is 111 Å². The lowest BCUT2D eigenvalue weighted by Gasteiger charge is -2.39. The molecule has 0 amide bonds. The van der Waals surface area contributed by atoms with E-state index in [1.54, 1.807) is 0 Å². The molecule has 0 saturated carbocycles. The molecule has 0 unspecified atom stereocenters. The molecule has 0 N–H and O–H groups in total. The van der Waals surface area contributed by atoms with Crippen LogP contribution in [0.4, 0.5) is 0 Å². The molecule has 0 bridgehead atoms. The van der Waals surface area contributed by atoms with Gasteiger partial charge in [0.25, 0.3) is 0 Å². The summed E-state index contributed by atoms with van der Waals surface area (Å²) >= 11 is 0. The van der Waals surface area contributed by atoms with Crippen LogP contribution in [0.15, 0.2) is 48.6 Å². The van der Waals surface area contributed by atoms with Crippen LogP contribution in [-0.2, 0) is 9.47 Å². The molecule has 1 heterocycles. The summed E-state index contributed by atoms with van der Waals surface area (Å²) < 4.78 is 12.6. The van der Waals surface area contributed by atoms with Gasteiger partial charge in [0.05, 0.1) is 19.3 Å². The van der Waals surface area contributed by atoms with Crippen LogP contribution in [0.1, 0.15) is 174 Å². The van der Waals surface area contributed by atoms with Gasteiger partial charge in [-0.1, -0.05) is 140 Å². The fourth-order valence-corrected chi connectivity index (χ4v) is 7.04. The zero-order chi connectivity index (χ0) is 38.1. The number of hydrogen-bond acceptors (Lipinski definition) is 5. The fraction of sp³-hybridized carbons (Fsp3) is 0.833. The molecule has 1 saturated heterocycles. The van der Waals surface area contributed by atoms with Crippen molar-refractivity contribution in [3.63, 3.8) is 0 Å². The number of piperazine rings is 1. The zero-order valence-electron chi connectivity index (χ0n) is 36.1. The molecule has 0 aromatic rings. The van der Waals surface area contributed by atoms with Crippen LogP contribution < -0.4 is 0 Å². The molecule has 1 rings (SSSR count). The van der Waals surface area contributed by atoms with Gasteiger partial charge in [0.2, 0.25) is 0 Å². The van der Waals surface area contributed by atoms with Crippen molar-refractivity contribution in [1.82, 2.24) is 14.7 Å². The van der Waals surface area contributed by atoms with Gasteiger partial charge >= 0.3 is 0 Å². The van der Waals surface area contributed by atoms with E-state index < -0.39 is 0 Å². The van der Waals surface area contributed by atoms with Crippen molar-refractivity contribution in [3.05, 3.63) is 48.6 Å². The Morgan fingerprint density at radius 3 is 1.28 bits per heavy atom. The molecule has 0 spiro atoms. The lowest BCUT2D eigenvalue weighted by atomic mass is 10.1. The first-order chi connectivity index (χ1) is 26.2. The summed E-state index contributed by atoms with van der Waals surface area (Å²) in [5.41, 5.74) is 0. The lowest BCUT2D eigenvalue weighted by Crippen LogP contribution is -2.53. The molecule has 1 fully saturated rings. The second kappa shape index (κ2) is 40.4. The quantitative estimate of drug-likeness (QED) is 0.0462. The Kier molecular flexibility index (Phi) is 38.0. The molecular formula is C48H91N3O2. The molecule has 310 valence electrons. The monoisotopic (exact) mass is 742 g/mol. The van der Waals surface area contributed by atoms with Crippen molar-refractivity contribution in [2.75, 3.05) is 79.8 Å². The minimum Gasteiger partial charge on any atom is -0.380 e. The van der Waals surface area contributed by atoms with Crippen LogP contribution in [0, 0.1) is 0 Å². The van der Waals surface area contributed by atoms with Crippen LogP contribution in [0.5, 0.6) is 0 Å². The average molecular weight is 742 g/mol. The van der Waals surface area contributed by atoms with Crippen LogP contribution in [0.25, 0.3) is 0 Å². The van der Waals surface area contributed by atoms with Gasteiger partial charge in [0, 0.05) is 39.4 Å². The Morgan fingerprint density at radius 2 is 0.868 bits per heavy atom. The third-order valence-corrected chi connectivity index (χ3v) is 10.6. The summed E-state index contributed by atoms with van der Waals surface area (Å²) in [5, 5.41) is 0. The Balaban J connectivity index is 2.17. The number of unbranched alkanes of at least 4 members (excludes halogenated alkanes) is 18. The summed E-state index contributed by atoms with van der Waals surface area (Å²) in [6, 6.07) is 0.383. The third kappa shape index (κ3) is 35.0. The van der Waals surface area contributed by atoms with Crippen molar-refractivity contribution in [2.45, 2.75) is 180 Å². The minimum atomic E-state index is 0.383. The van der Waals surface area contributed by atoms with E-state index in [1.165, 1.54) is 174 Å². The van der Waals surface area contributed by atoms with Gasteiger partial charge in [-0.3, -0.25) is 4.90 Å². The summed E-state index contributed by atoms with van der Waals surface area (Å²) in [5.74, 6) is 0. The highest BCUT2D eigenvalue weighted by Crippen LogP contribution is 2.13. The summed E-state index contributed by atoms with van der Waals surface area (Å²) in [6.07, 6.45) is 51.0. The first-order valence-electron chi connectivity index (χ1n) is 23.0. The highest BCUT2D eigenvalue weighted by Gasteiger charge is 2.24. The standard InChI is InChI=1S/C48H91N3O2/c1-5-7-9-11-13-15-17-19-21-23-25-27-29-31-33-35-44-52-46-48(51-42-40-50(41-43-51)39-37-38-49(3)4)47-53-45-36-34-32-30-28-26-24-22-20-18-16-14-12-10-8-6-2/h13-16,19-22,48H,5-12,17-18,23-47H2,1-4H3. The molecule has 1 aliphatic rings. The molecule has 0 radical (unpaired) electrons. The molecule has 5 heteroatoms. The van der Waals surface area contributed by atoms with E-state index in [1.807, 2.05) is 0 Å². The van der Waals surface area contributed by atoms with Crippen molar-refractivity contribution >= 4 is 0 Å². The highest BCUT2D eigenvalue weighted by atomic mass is 16.5. The van der Waals surface area contributed by atoms with Crippen LogP contribution in [0.2, 0.25) is 0 Å². The van der Waals surface area contributed by atoms with Gasteiger partial charge in [0.15, 0.2) is 0 Å². The predicted octanol–water partition coefficient (Wildman–Crippen LogP) is 12.6. The molecule has 0 aromatic carbocycles. The maximum absolute atomic E-state index is 6.31. The maximum atomic E-state index is 6.31. The number of allylic oxidation sites excluding steroid dienone is 8. The van der Waals surface area contributed by atoms with Crippen molar-refractivity contribution in [1.29, 1.82) is 0 Å². The molecule has 0 aliphatic carbocycles. The van der Waals surface area contributed by atoms with Crippen LogP contribution in [-0.4, -0.2) is 101 Å². The van der Waals surface area contributed by atoms with Crippen molar-refractivity contribution in [3.8, 4) is 0 Å². The van der Waals surface area contributed by atoms with E-state index in [4.69, 9.17) is 9.47 Å². The van der Waals surface area contributed by atoms with E-state index in [0.717, 1.165) is 52.4 Å². The third-order valence-electron chi connectivity index (χ3n) is 10.6. The normalized spacial score (nSPS) is 15.5. The first kappa shape index (κ1) is 49.8. The average Bonchev–Trinajstić information content (AvgIpc) is 3.16. The smallest absolute Gasteiger partial charge is 0.0644 e. The predicted molar refractivity (Wildman–Crippen MR) is 235 cm³/mol. The summed E-state index contributed by atoms with van der Waals surface area (Å²) in [4.78, 5) is 7.59. The van der Waals surface area contributed by atoms with E-state index in [2.05, 4.69) is 91.3 Å². The second-order valence-corrected chi connectivity index (χ2v) is 16.0. The Morgan fingerprint density at radius 1 is 0.472 bits per heavy atom. The second-order valence-electron chi connectivity index (χ2n) is 16.0. The zero-order valence-corrected chi connectivity index (χ0v) is 36.1. The van der Waals surface area contributed by atoms with Crippen molar-refractivity contribution in [2.24, 2.45) is 0 Å². The van der Waals surface area contributed by atoms with Gasteiger partial charge < -0.3 is 19.3 Å². The largest absolute Gasteiger partial charge is 0.380 e. The molecule has 0 atom stereocenters. The van der Waals surface area contributed by atoms with Gasteiger partial charge in [0.1, 0.15) is 0 Å². The number of hydrogen-bond donors (Lipinski definition) is 0. The maximum Gasteiger partial charge on any atom is 0.0644 e. The Labute approximate surface area is 332 Å². The summed E-state index contributed by atoms with van der Waals surface area (Å²) in [6.45, 7) is 14.9. The molecule has 53 heavy (non-hydrogen) atoms. The Hall–Kier alpha value is -1.24. The lowest BCUT2D eigenvalue weighted by molar-refractivity contribution is -0.0141. The van der Waals surface area contributed by atoms with Crippen LogP contribution in [0.3, 0.4) is 0 Å². The minimum absolute atomic E-state index is 0.383. The Bertz CT molecular complexity index is 794. The van der Waals surface area contributed by atoms with Gasteiger partial charge in [-0.15, -0.1) is 0 Å². The molecule has 0 aromatic heterocycles. The molecule has 1 aliphatic heterocycles. The van der Waals surface area contributed by atoms with E-state index in [9.17, 15) is 0 Å². The number of nitrogens with zero attached hydrogens (tertiary/aromatic N) is 3. The number of ether oxygens (including phenoxy) is 2. The SMILES string of the molecule is CCCCCC=CCC=CCCCCCCCCOCC(COCCCCCCCCC=CCC=CCCCCC)N1CCN(CCCN(C)C)CC1. The molecule has 5 nitrogen and oxygen atoms in total. The van der Waals surface area contributed by atoms with Crippen molar-refractivity contribution < 1.29 is 9.47 Å². The molecular weight excluding hydrogens is 651 g/mol. The van der Waals surface area contributed by atoms with E-state index >= 15 is 0 Å². The number of rotatable bonds is 39. The first-order valence-corrected chi connectivity index (χ1v) is 23.0. The van der Waals surface area contributed by atoms with Gasteiger partial charge in [-0.25, -0.2) is 0 Å². The van der Waals surface area contributed by atoms with E-state index in [0.29, 0.717) is 6.04 Å². The topological polar surface area (TPSA) is 28.2 Å². The highest BCUT2D eigenvalue weighted by molar-refractivity contribution is 4.93. The fourth-order valence-electron chi connectivity index (χ4n) is 7.04. The van der Waals surface area contributed by atoms with Gasteiger partial charge in [-0.2, -0.15) is 0 Å². The van der Waals surface area contributed by atoms with Crippen LogP contribution >= 0.6 is 0 Å². The van der Waals surface area contributed by atoms with E-state index in [-0.39, 0.29) is 0 Å². The summed E-state index contributed by atoms with van der Waals surface area (Å²) in [7, 11) is 4.35.